The van der Waals surface area contributed by atoms with Gasteiger partial charge in [0.05, 0.1) is 17.1 Å². The lowest BCUT2D eigenvalue weighted by Crippen LogP contribution is -2.08. The van der Waals surface area contributed by atoms with Crippen LogP contribution in [0.15, 0.2) is 42.9 Å². The van der Waals surface area contributed by atoms with Gasteiger partial charge in [0, 0.05) is 18.3 Å². The van der Waals surface area contributed by atoms with Crippen molar-refractivity contribution in [1.29, 1.82) is 0 Å². The lowest BCUT2D eigenvalue weighted by molar-refractivity contribution is 0.596. The highest BCUT2D eigenvalue weighted by Gasteiger charge is 2.15. The van der Waals surface area contributed by atoms with Crippen LogP contribution >= 0.6 is 0 Å². The van der Waals surface area contributed by atoms with Gasteiger partial charge in [-0.1, -0.05) is 39.0 Å². The van der Waals surface area contributed by atoms with Crippen molar-refractivity contribution in [2.45, 2.75) is 39.7 Å². The van der Waals surface area contributed by atoms with Crippen molar-refractivity contribution in [2.75, 3.05) is 5.32 Å². The Morgan fingerprint density at radius 3 is 2.60 bits per heavy atom. The van der Waals surface area contributed by atoms with E-state index in [1.54, 1.807) is 0 Å². The van der Waals surface area contributed by atoms with Crippen molar-refractivity contribution in [2.24, 2.45) is 0 Å². The molecule has 5 nitrogen and oxygen atoms in total. The largest absolute Gasteiger partial charge is 0.363 e. The number of para-hydroxylation sites is 1. The molecule has 0 aliphatic rings. The first-order valence-corrected chi connectivity index (χ1v) is 8.47. The third kappa shape index (κ3) is 3.68. The molecule has 130 valence electrons. The van der Waals surface area contributed by atoms with Crippen LogP contribution in [-0.4, -0.2) is 19.7 Å². The zero-order valence-electron chi connectivity index (χ0n) is 14.7. The maximum atomic E-state index is 14.3. The van der Waals surface area contributed by atoms with Crippen LogP contribution in [0.3, 0.4) is 0 Å². The van der Waals surface area contributed by atoms with Crippen LogP contribution in [0.4, 0.5) is 10.2 Å². The van der Waals surface area contributed by atoms with Crippen molar-refractivity contribution in [1.82, 2.24) is 19.7 Å². The molecule has 0 unspecified atom stereocenters. The lowest BCUT2D eigenvalue weighted by atomic mass is 10.1. The van der Waals surface area contributed by atoms with Gasteiger partial charge in [0.1, 0.15) is 6.33 Å². The molecule has 0 saturated carbocycles. The second kappa shape index (κ2) is 7.42. The van der Waals surface area contributed by atoms with Crippen LogP contribution < -0.4 is 5.32 Å². The summed E-state index contributed by atoms with van der Waals surface area (Å²) >= 11 is 0. The zero-order chi connectivity index (χ0) is 17.8. The molecule has 0 radical (unpaired) electrons. The van der Waals surface area contributed by atoms with Gasteiger partial charge in [0.2, 0.25) is 0 Å². The summed E-state index contributed by atoms with van der Waals surface area (Å²) in [6.45, 7) is 6.52. The molecule has 0 amide bonds. The number of aryl methyl sites for hydroxylation is 1. The van der Waals surface area contributed by atoms with E-state index in [0.29, 0.717) is 18.7 Å². The van der Waals surface area contributed by atoms with E-state index < -0.39 is 0 Å². The monoisotopic (exact) mass is 339 g/mol. The van der Waals surface area contributed by atoms with Gasteiger partial charge in [-0.25, -0.2) is 19.0 Å². The van der Waals surface area contributed by atoms with E-state index >= 15 is 0 Å². The van der Waals surface area contributed by atoms with E-state index in [0.717, 1.165) is 16.9 Å². The molecular weight excluding hydrogens is 317 g/mol. The number of nitrogens with one attached hydrogen (secondary N) is 1. The molecule has 25 heavy (non-hydrogen) atoms. The normalized spacial score (nSPS) is 11.1. The number of halogens is 1. The van der Waals surface area contributed by atoms with Crippen molar-refractivity contribution >= 4 is 5.82 Å². The Labute approximate surface area is 146 Å². The average molecular weight is 339 g/mol. The summed E-state index contributed by atoms with van der Waals surface area (Å²) in [6.07, 6.45) is 3.91. The minimum Gasteiger partial charge on any atom is -0.363 e. The summed E-state index contributed by atoms with van der Waals surface area (Å²) < 4.78 is 16.2. The van der Waals surface area contributed by atoms with Crippen LogP contribution in [-0.2, 0) is 13.0 Å². The minimum atomic E-state index is -0.383. The molecule has 0 fully saturated rings. The number of rotatable bonds is 6. The topological polar surface area (TPSA) is 55.6 Å². The molecular formula is C19H22FN5. The fourth-order valence-corrected chi connectivity index (χ4v) is 2.71. The highest BCUT2D eigenvalue weighted by Crippen LogP contribution is 2.22. The Kier molecular flexibility index (Phi) is 5.07. The van der Waals surface area contributed by atoms with Gasteiger partial charge in [-0.05, 0) is 24.5 Å². The number of benzene rings is 1. The van der Waals surface area contributed by atoms with Crippen LogP contribution in [0.5, 0.6) is 0 Å². The first-order chi connectivity index (χ1) is 12.1. The quantitative estimate of drug-likeness (QED) is 0.734. The highest BCUT2D eigenvalue weighted by molar-refractivity contribution is 5.40. The maximum absolute atomic E-state index is 14.3. The molecule has 2 aromatic heterocycles. The van der Waals surface area contributed by atoms with Crippen LogP contribution in [0.1, 0.15) is 43.6 Å². The minimum absolute atomic E-state index is 0.231. The summed E-state index contributed by atoms with van der Waals surface area (Å²) in [5, 5.41) is 7.78. The molecule has 3 aromatic rings. The van der Waals surface area contributed by atoms with E-state index in [1.807, 2.05) is 48.1 Å². The van der Waals surface area contributed by atoms with Crippen LogP contribution in [0, 0.1) is 5.82 Å². The third-order valence-corrected chi connectivity index (χ3v) is 4.03. The summed E-state index contributed by atoms with van der Waals surface area (Å²) in [4.78, 5) is 7.98. The standard InChI is InChI=1S/C19H22FN5/c1-4-16-17(20)19(23-12-22-16)21-10-14-11-25(24-18(14)13(2)3)15-8-6-5-7-9-15/h5-9,11-13H,4,10H2,1-3H3,(H,21,22,23). The number of hydrogen-bond acceptors (Lipinski definition) is 4. The summed E-state index contributed by atoms with van der Waals surface area (Å²) in [5.41, 5.74) is 3.43. The molecule has 0 atom stereocenters. The second-order valence-electron chi connectivity index (χ2n) is 6.16. The second-order valence-corrected chi connectivity index (χ2v) is 6.16. The zero-order valence-corrected chi connectivity index (χ0v) is 14.7. The number of aromatic nitrogens is 4. The Morgan fingerprint density at radius 2 is 1.92 bits per heavy atom. The van der Waals surface area contributed by atoms with E-state index in [9.17, 15) is 4.39 Å². The van der Waals surface area contributed by atoms with Gasteiger partial charge >= 0.3 is 0 Å². The van der Waals surface area contributed by atoms with Gasteiger partial charge in [0.25, 0.3) is 0 Å². The Hall–Kier alpha value is -2.76. The molecule has 3 rings (SSSR count). The van der Waals surface area contributed by atoms with E-state index in [-0.39, 0.29) is 17.6 Å². The van der Waals surface area contributed by atoms with Crippen molar-refractivity contribution in [3.63, 3.8) is 0 Å². The molecule has 0 aliphatic heterocycles. The van der Waals surface area contributed by atoms with Crippen molar-refractivity contribution in [3.05, 3.63) is 65.6 Å². The SMILES string of the molecule is CCc1ncnc(NCc2cn(-c3ccccc3)nc2C(C)C)c1F. The first kappa shape index (κ1) is 17.1. The van der Waals surface area contributed by atoms with Gasteiger partial charge in [0.15, 0.2) is 11.6 Å². The van der Waals surface area contributed by atoms with Crippen molar-refractivity contribution in [3.8, 4) is 5.69 Å². The van der Waals surface area contributed by atoms with E-state index in [1.165, 1.54) is 6.33 Å². The van der Waals surface area contributed by atoms with Gasteiger partial charge in [-0.2, -0.15) is 5.10 Å². The number of nitrogens with zero attached hydrogens (tertiary/aromatic N) is 4. The lowest BCUT2D eigenvalue weighted by Gasteiger charge is -2.09. The fraction of sp³-hybridized carbons (Fsp3) is 0.316. The van der Waals surface area contributed by atoms with E-state index in [4.69, 9.17) is 5.10 Å². The highest BCUT2D eigenvalue weighted by atomic mass is 19.1. The van der Waals surface area contributed by atoms with Crippen molar-refractivity contribution < 1.29 is 4.39 Å². The molecule has 2 heterocycles. The van der Waals surface area contributed by atoms with Gasteiger partial charge in [-0.15, -0.1) is 0 Å². The maximum Gasteiger partial charge on any atom is 0.186 e. The molecule has 0 bridgehead atoms. The Morgan fingerprint density at radius 1 is 1.16 bits per heavy atom. The summed E-state index contributed by atoms with van der Waals surface area (Å²) in [6, 6.07) is 9.94. The molecule has 0 saturated heterocycles. The summed E-state index contributed by atoms with van der Waals surface area (Å²) in [7, 11) is 0. The smallest absolute Gasteiger partial charge is 0.186 e. The molecule has 0 spiro atoms. The first-order valence-electron chi connectivity index (χ1n) is 8.47. The third-order valence-electron chi connectivity index (χ3n) is 4.03. The fourth-order valence-electron chi connectivity index (χ4n) is 2.71. The van der Waals surface area contributed by atoms with Gasteiger partial charge in [-0.3, -0.25) is 0 Å². The van der Waals surface area contributed by atoms with Gasteiger partial charge < -0.3 is 5.32 Å². The number of anilines is 1. The average Bonchev–Trinajstić information content (AvgIpc) is 3.06. The Balaban J connectivity index is 1.86. The molecule has 1 aromatic carbocycles. The number of hydrogen-bond donors (Lipinski definition) is 1. The van der Waals surface area contributed by atoms with Crippen LogP contribution in [0.25, 0.3) is 5.69 Å². The predicted octanol–water partition coefficient (Wildman–Crippen LogP) is 4.10. The predicted molar refractivity (Wildman–Crippen MR) is 96.3 cm³/mol. The summed E-state index contributed by atoms with van der Waals surface area (Å²) in [5.74, 6) is 0.115. The molecule has 6 heteroatoms. The van der Waals surface area contributed by atoms with E-state index in [2.05, 4.69) is 29.1 Å². The molecule has 1 N–H and O–H groups in total. The van der Waals surface area contributed by atoms with Crippen LogP contribution in [0.2, 0.25) is 0 Å². The molecule has 0 aliphatic carbocycles. The Bertz CT molecular complexity index is 842.